The van der Waals surface area contributed by atoms with Gasteiger partial charge in [0.05, 0.1) is 22.7 Å². The van der Waals surface area contributed by atoms with Gasteiger partial charge in [-0.1, -0.05) is 47.5 Å². The molecular weight excluding hydrogens is 419 g/mol. The highest BCUT2D eigenvalue weighted by atomic mass is 35.5. The Morgan fingerprint density at radius 2 is 1.57 bits per heavy atom. The molecule has 4 rings (SSSR count). The molecule has 0 bridgehead atoms. The third-order valence-electron chi connectivity index (χ3n) is 4.79. The Morgan fingerprint density at radius 1 is 0.800 bits per heavy atom. The van der Waals surface area contributed by atoms with Crippen LogP contribution < -0.4 is 9.47 Å². The van der Waals surface area contributed by atoms with Gasteiger partial charge in [0.2, 0.25) is 0 Å². The summed E-state index contributed by atoms with van der Waals surface area (Å²) in [6.07, 6.45) is 1.90. The number of hydrogen-bond donors (Lipinski definition) is 0. The molecule has 1 heterocycles. The number of halogens is 2. The maximum atomic E-state index is 6.21. The van der Waals surface area contributed by atoms with Crippen molar-refractivity contribution in [1.29, 1.82) is 0 Å². The Labute approximate surface area is 186 Å². The summed E-state index contributed by atoms with van der Waals surface area (Å²) in [4.78, 5) is 4.76. The van der Waals surface area contributed by atoms with Crippen molar-refractivity contribution in [1.82, 2.24) is 9.55 Å². The van der Waals surface area contributed by atoms with Crippen LogP contribution in [0.1, 0.15) is 18.7 Å². The third kappa shape index (κ3) is 5.07. The molecule has 30 heavy (non-hydrogen) atoms. The number of fused-ring (bicyclic) bond motifs is 1. The largest absolute Gasteiger partial charge is 0.494 e. The Hall–Kier alpha value is -2.69. The zero-order valence-corrected chi connectivity index (χ0v) is 17.9. The molecule has 0 aliphatic carbocycles. The number of para-hydroxylation sites is 3. The standard InChI is InChI=1S/C24H22Cl2N2O2/c25-18-11-13-19(14-12-18)29-16-6-5-15-28-22-9-3-2-8-21(22)27-24(28)17-30-23-10-4-1-7-20(23)26/h1-4,7-14H,5-6,15-17H2. The van der Waals surface area contributed by atoms with Crippen LogP contribution in [0.4, 0.5) is 0 Å². The first-order valence-electron chi connectivity index (χ1n) is 9.90. The normalized spacial score (nSPS) is 11.0. The molecule has 0 radical (unpaired) electrons. The highest BCUT2D eigenvalue weighted by molar-refractivity contribution is 6.32. The first-order chi connectivity index (χ1) is 14.7. The first-order valence-corrected chi connectivity index (χ1v) is 10.7. The van der Waals surface area contributed by atoms with Crippen molar-refractivity contribution < 1.29 is 9.47 Å². The summed E-state index contributed by atoms with van der Waals surface area (Å²) in [7, 11) is 0. The molecule has 154 valence electrons. The second-order valence-corrected chi connectivity index (χ2v) is 7.74. The Bertz CT molecular complexity index is 1110. The smallest absolute Gasteiger partial charge is 0.147 e. The second kappa shape index (κ2) is 9.88. The molecule has 3 aromatic carbocycles. The van der Waals surface area contributed by atoms with E-state index in [1.165, 1.54) is 0 Å². The molecular formula is C24H22Cl2N2O2. The van der Waals surface area contributed by atoms with Crippen LogP contribution >= 0.6 is 23.2 Å². The summed E-state index contributed by atoms with van der Waals surface area (Å²) in [5.41, 5.74) is 2.07. The van der Waals surface area contributed by atoms with E-state index >= 15 is 0 Å². The lowest BCUT2D eigenvalue weighted by Gasteiger charge is -2.12. The molecule has 4 aromatic rings. The first kappa shape index (κ1) is 20.6. The molecule has 0 atom stereocenters. The van der Waals surface area contributed by atoms with E-state index in [4.69, 9.17) is 37.7 Å². The van der Waals surface area contributed by atoms with Gasteiger partial charge in [0.25, 0.3) is 0 Å². The van der Waals surface area contributed by atoms with Crippen LogP contribution in [-0.4, -0.2) is 16.2 Å². The zero-order valence-electron chi connectivity index (χ0n) is 16.4. The van der Waals surface area contributed by atoms with Crippen molar-refractivity contribution in [3.05, 3.63) is 88.7 Å². The van der Waals surface area contributed by atoms with Crippen molar-refractivity contribution in [2.75, 3.05) is 6.61 Å². The van der Waals surface area contributed by atoms with Gasteiger partial charge < -0.3 is 14.0 Å². The summed E-state index contributed by atoms with van der Waals surface area (Å²) in [5, 5.41) is 1.31. The fraction of sp³-hybridized carbons (Fsp3) is 0.208. The van der Waals surface area contributed by atoms with E-state index in [0.717, 1.165) is 42.0 Å². The van der Waals surface area contributed by atoms with Crippen LogP contribution in [-0.2, 0) is 13.2 Å². The Kier molecular flexibility index (Phi) is 6.77. The molecule has 0 aliphatic heterocycles. The number of rotatable bonds is 9. The van der Waals surface area contributed by atoms with E-state index in [1.54, 1.807) is 0 Å². The molecule has 0 N–H and O–H groups in total. The van der Waals surface area contributed by atoms with Crippen molar-refractivity contribution in [2.24, 2.45) is 0 Å². The van der Waals surface area contributed by atoms with Gasteiger partial charge >= 0.3 is 0 Å². The molecule has 6 heteroatoms. The number of imidazole rings is 1. The minimum Gasteiger partial charge on any atom is -0.494 e. The summed E-state index contributed by atoms with van der Waals surface area (Å²) >= 11 is 12.1. The highest BCUT2D eigenvalue weighted by Crippen LogP contribution is 2.25. The van der Waals surface area contributed by atoms with Crippen molar-refractivity contribution in [3.63, 3.8) is 0 Å². The van der Waals surface area contributed by atoms with E-state index in [1.807, 2.05) is 66.7 Å². The number of hydrogen-bond acceptors (Lipinski definition) is 3. The van der Waals surface area contributed by atoms with Crippen molar-refractivity contribution in [3.8, 4) is 11.5 Å². The number of unbranched alkanes of at least 4 members (excludes halogenated alkanes) is 1. The molecule has 0 spiro atoms. The fourth-order valence-corrected chi connectivity index (χ4v) is 3.60. The van der Waals surface area contributed by atoms with Gasteiger partial charge in [0.1, 0.15) is 23.9 Å². The van der Waals surface area contributed by atoms with Gasteiger partial charge in [-0.2, -0.15) is 0 Å². The second-order valence-electron chi connectivity index (χ2n) is 6.90. The van der Waals surface area contributed by atoms with Gasteiger partial charge in [-0.05, 0) is 61.4 Å². The predicted octanol–water partition coefficient (Wildman–Crippen LogP) is 6.78. The van der Waals surface area contributed by atoms with Gasteiger partial charge in [-0.3, -0.25) is 0 Å². The highest BCUT2D eigenvalue weighted by Gasteiger charge is 2.12. The molecule has 4 nitrogen and oxygen atoms in total. The van der Waals surface area contributed by atoms with Crippen molar-refractivity contribution in [2.45, 2.75) is 26.0 Å². The van der Waals surface area contributed by atoms with Crippen molar-refractivity contribution >= 4 is 34.2 Å². The van der Waals surface area contributed by atoms with E-state index in [-0.39, 0.29) is 0 Å². The molecule has 1 aromatic heterocycles. The predicted molar refractivity (Wildman–Crippen MR) is 122 cm³/mol. The summed E-state index contributed by atoms with van der Waals surface area (Å²) in [5.74, 6) is 2.38. The quantitative estimate of drug-likeness (QED) is 0.269. The lowest BCUT2D eigenvalue weighted by Crippen LogP contribution is -2.09. The van der Waals surface area contributed by atoms with E-state index in [2.05, 4.69) is 10.6 Å². The lowest BCUT2D eigenvalue weighted by atomic mass is 10.3. The van der Waals surface area contributed by atoms with Gasteiger partial charge in [0.15, 0.2) is 0 Å². The van der Waals surface area contributed by atoms with Crippen LogP contribution in [0.25, 0.3) is 11.0 Å². The monoisotopic (exact) mass is 440 g/mol. The fourth-order valence-electron chi connectivity index (χ4n) is 3.28. The SMILES string of the molecule is Clc1ccc(OCCCCn2c(COc3ccccc3Cl)nc3ccccc32)cc1. The van der Waals surface area contributed by atoms with E-state index < -0.39 is 0 Å². The molecule has 0 saturated carbocycles. The van der Waals surface area contributed by atoms with E-state index in [0.29, 0.717) is 29.0 Å². The summed E-state index contributed by atoms with van der Waals surface area (Å²) < 4.78 is 13.9. The van der Waals surface area contributed by atoms with E-state index in [9.17, 15) is 0 Å². The number of aromatic nitrogens is 2. The zero-order chi connectivity index (χ0) is 20.8. The van der Waals surface area contributed by atoms with Crippen LogP contribution in [0.3, 0.4) is 0 Å². The lowest BCUT2D eigenvalue weighted by molar-refractivity contribution is 0.285. The topological polar surface area (TPSA) is 36.3 Å². The van der Waals surface area contributed by atoms with Crippen LogP contribution in [0.2, 0.25) is 10.0 Å². The maximum Gasteiger partial charge on any atom is 0.147 e. The van der Waals surface area contributed by atoms with Gasteiger partial charge in [-0.25, -0.2) is 4.98 Å². The maximum absolute atomic E-state index is 6.21. The molecule has 0 amide bonds. The summed E-state index contributed by atoms with van der Waals surface area (Å²) in [6, 6.07) is 23.1. The Morgan fingerprint density at radius 3 is 2.40 bits per heavy atom. The van der Waals surface area contributed by atoms with Crippen LogP contribution in [0.15, 0.2) is 72.8 Å². The number of ether oxygens (including phenoxy) is 2. The third-order valence-corrected chi connectivity index (χ3v) is 5.35. The minimum absolute atomic E-state index is 0.361. The average molecular weight is 441 g/mol. The van der Waals surface area contributed by atoms with Gasteiger partial charge in [-0.15, -0.1) is 0 Å². The summed E-state index contributed by atoms with van der Waals surface area (Å²) in [6.45, 7) is 1.85. The van der Waals surface area contributed by atoms with Crippen LogP contribution in [0.5, 0.6) is 11.5 Å². The van der Waals surface area contributed by atoms with Gasteiger partial charge in [0, 0.05) is 11.6 Å². The number of aryl methyl sites for hydroxylation is 1. The number of benzene rings is 3. The molecule has 0 fully saturated rings. The average Bonchev–Trinajstić information content (AvgIpc) is 3.12. The van der Waals surface area contributed by atoms with Crippen LogP contribution in [0, 0.1) is 0 Å². The Balaban J connectivity index is 1.38. The number of nitrogens with zero attached hydrogens (tertiary/aromatic N) is 2. The minimum atomic E-state index is 0.361. The molecule has 0 saturated heterocycles. The molecule has 0 aliphatic rings. The molecule has 0 unspecified atom stereocenters.